The van der Waals surface area contributed by atoms with Crippen LogP contribution in [0.25, 0.3) is 0 Å². The lowest BCUT2D eigenvalue weighted by molar-refractivity contribution is -0.104. The van der Waals surface area contributed by atoms with Crippen LogP contribution in [0.1, 0.15) is 39.0 Å². The second-order valence-corrected chi connectivity index (χ2v) is 2.41. The molecule has 0 aliphatic heterocycles. The van der Waals surface area contributed by atoms with E-state index in [9.17, 15) is 4.79 Å². The SMILES string of the molecule is CCCCCCC=CC=O. The Kier molecular flexibility index (Phi) is 7.91. The number of aldehydes is 1. The molecule has 0 aromatic carbocycles. The van der Waals surface area contributed by atoms with Crippen LogP contribution in [0.3, 0.4) is 0 Å². The van der Waals surface area contributed by atoms with Crippen molar-refractivity contribution < 1.29 is 4.79 Å². The van der Waals surface area contributed by atoms with Crippen molar-refractivity contribution in [2.45, 2.75) is 39.0 Å². The van der Waals surface area contributed by atoms with Gasteiger partial charge < -0.3 is 0 Å². The maximum absolute atomic E-state index is 9.81. The molecule has 1 nitrogen and oxygen atoms in total. The van der Waals surface area contributed by atoms with Crippen LogP contribution >= 0.6 is 0 Å². The summed E-state index contributed by atoms with van der Waals surface area (Å²) in [5.41, 5.74) is 0. The van der Waals surface area contributed by atoms with Crippen molar-refractivity contribution in [2.24, 2.45) is 0 Å². The van der Waals surface area contributed by atoms with Gasteiger partial charge in [0.25, 0.3) is 0 Å². The molecule has 0 atom stereocenters. The van der Waals surface area contributed by atoms with Gasteiger partial charge in [-0.25, -0.2) is 0 Å². The van der Waals surface area contributed by atoms with E-state index in [-0.39, 0.29) is 0 Å². The maximum Gasteiger partial charge on any atom is 0.142 e. The average molecular weight is 140 g/mol. The number of hydrogen-bond donors (Lipinski definition) is 0. The zero-order chi connectivity index (χ0) is 7.66. The van der Waals surface area contributed by atoms with Crippen molar-refractivity contribution in [2.75, 3.05) is 0 Å². The molecule has 0 radical (unpaired) electrons. The van der Waals surface area contributed by atoms with Gasteiger partial charge in [0, 0.05) is 0 Å². The maximum atomic E-state index is 9.81. The third-order valence-corrected chi connectivity index (χ3v) is 1.44. The van der Waals surface area contributed by atoms with Crippen LogP contribution in [-0.2, 0) is 4.79 Å². The minimum atomic E-state index is 0.833. The summed E-state index contributed by atoms with van der Waals surface area (Å²) in [4.78, 5) is 9.81. The molecule has 0 saturated carbocycles. The van der Waals surface area contributed by atoms with Crippen LogP contribution in [-0.4, -0.2) is 6.29 Å². The number of unbranched alkanes of at least 4 members (excludes halogenated alkanes) is 4. The van der Waals surface area contributed by atoms with E-state index in [1.807, 2.05) is 6.08 Å². The van der Waals surface area contributed by atoms with Gasteiger partial charge in [-0.1, -0.05) is 32.3 Å². The van der Waals surface area contributed by atoms with Gasteiger partial charge in [0.15, 0.2) is 0 Å². The number of carbonyl (C=O) groups is 1. The van der Waals surface area contributed by atoms with Gasteiger partial charge in [-0.05, 0) is 18.9 Å². The molecule has 0 amide bonds. The monoisotopic (exact) mass is 140 g/mol. The minimum absolute atomic E-state index is 0.833. The predicted molar refractivity (Wildman–Crippen MR) is 44.0 cm³/mol. The second kappa shape index (κ2) is 8.41. The molecular formula is C9H16O. The van der Waals surface area contributed by atoms with Crippen molar-refractivity contribution in [1.82, 2.24) is 0 Å². The first-order valence-electron chi connectivity index (χ1n) is 4.02. The van der Waals surface area contributed by atoms with E-state index in [0.717, 1.165) is 12.7 Å². The molecule has 0 heterocycles. The lowest BCUT2D eigenvalue weighted by Crippen LogP contribution is -1.73. The summed E-state index contributed by atoms with van der Waals surface area (Å²) >= 11 is 0. The fraction of sp³-hybridized carbons (Fsp3) is 0.667. The molecule has 0 bridgehead atoms. The third-order valence-electron chi connectivity index (χ3n) is 1.44. The molecule has 58 valence electrons. The number of carbonyl (C=O) groups excluding carboxylic acids is 1. The van der Waals surface area contributed by atoms with E-state index in [1.54, 1.807) is 6.08 Å². The first-order chi connectivity index (χ1) is 4.91. The molecule has 0 spiro atoms. The molecule has 0 unspecified atom stereocenters. The van der Waals surface area contributed by atoms with Crippen molar-refractivity contribution in [3.8, 4) is 0 Å². The zero-order valence-corrected chi connectivity index (χ0v) is 6.68. The lowest BCUT2D eigenvalue weighted by Gasteiger charge is -1.92. The number of allylic oxidation sites excluding steroid dienone is 2. The van der Waals surface area contributed by atoms with Crippen molar-refractivity contribution in [3.63, 3.8) is 0 Å². The molecule has 0 aromatic heterocycles. The van der Waals surface area contributed by atoms with E-state index >= 15 is 0 Å². The van der Waals surface area contributed by atoms with Gasteiger partial charge in [0.1, 0.15) is 6.29 Å². The summed E-state index contributed by atoms with van der Waals surface area (Å²) in [6, 6.07) is 0. The van der Waals surface area contributed by atoms with Gasteiger partial charge in [-0.15, -0.1) is 0 Å². The molecule has 0 rings (SSSR count). The summed E-state index contributed by atoms with van der Waals surface area (Å²) < 4.78 is 0. The predicted octanol–water partition coefficient (Wildman–Crippen LogP) is 2.71. The van der Waals surface area contributed by atoms with Crippen molar-refractivity contribution in [3.05, 3.63) is 12.2 Å². The molecule has 1 heteroatoms. The van der Waals surface area contributed by atoms with Gasteiger partial charge in [-0.3, -0.25) is 4.79 Å². The fourth-order valence-corrected chi connectivity index (χ4v) is 0.841. The highest BCUT2D eigenvalue weighted by Gasteiger charge is 1.82. The van der Waals surface area contributed by atoms with Crippen molar-refractivity contribution >= 4 is 6.29 Å². The Hall–Kier alpha value is -0.590. The average Bonchev–Trinajstić information content (AvgIpc) is 1.97. The summed E-state index contributed by atoms with van der Waals surface area (Å²) in [6.45, 7) is 2.20. The van der Waals surface area contributed by atoms with Crippen LogP contribution in [0.2, 0.25) is 0 Å². The van der Waals surface area contributed by atoms with E-state index in [2.05, 4.69) is 6.92 Å². The van der Waals surface area contributed by atoms with Gasteiger partial charge in [-0.2, -0.15) is 0 Å². The molecular weight excluding hydrogens is 124 g/mol. The van der Waals surface area contributed by atoms with E-state index in [0.29, 0.717) is 0 Å². The molecule has 0 aromatic rings. The van der Waals surface area contributed by atoms with Gasteiger partial charge >= 0.3 is 0 Å². The highest BCUT2D eigenvalue weighted by molar-refractivity contribution is 5.64. The quantitative estimate of drug-likeness (QED) is 0.315. The Morgan fingerprint density at radius 1 is 1.20 bits per heavy atom. The Morgan fingerprint density at radius 3 is 2.60 bits per heavy atom. The molecule has 0 saturated heterocycles. The molecule has 0 fully saturated rings. The molecule has 0 N–H and O–H groups in total. The van der Waals surface area contributed by atoms with E-state index in [4.69, 9.17) is 0 Å². The zero-order valence-electron chi connectivity index (χ0n) is 6.68. The lowest BCUT2D eigenvalue weighted by atomic mass is 10.1. The third kappa shape index (κ3) is 7.41. The highest BCUT2D eigenvalue weighted by atomic mass is 16.1. The largest absolute Gasteiger partial charge is 0.299 e. The van der Waals surface area contributed by atoms with Gasteiger partial charge in [0.2, 0.25) is 0 Å². The fourth-order valence-electron chi connectivity index (χ4n) is 0.841. The normalized spacial score (nSPS) is 10.5. The van der Waals surface area contributed by atoms with E-state index < -0.39 is 0 Å². The first kappa shape index (κ1) is 9.41. The Labute approximate surface area is 63.1 Å². The topological polar surface area (TPSA) is 17.1 Å². The summed E-state index contributed by atoms with van der Waals surface area (Å²) in [6.07, 6.45) is 10.5. The van der Waals surface area contributed by atoms with Crippen LogP contribution < -0.4 is 0 Å². The van der Waals surface area contributed by atoms with E-state index in [1.165, 1.54) is 25.7 Å². The first-order valence-corrected chi connectivity index (χ1v) is 4.02. The van der Waals surface area contributed by atoms with Crippen LogP contribution in [0.15, 0.2) is 12.2 Å². The summed E-state index contributed by atoms with van der Waals surface area (Å²) in [7, 11) is 0. The van der Waals surface area contributed by atoms with Gasteiger partial charge in [0.05, 0.1) is 0 Å². The molecule has 10 heavy (non-hydrogen) atoms. The number of rotatable bonds is 6. The second-order valence-electron chi connectivity index (χ2n) is 2.41. The van der Waals surface area contributed by atoms with Crippen LogP contribution in [0.5, 0.6) is 0 Å². The Bertz CT molecular complexity index is 94.9. The Balaban J connectivity index is 2.90. The standard InChI is InChI=1S/C9H16O/c1-2-3-4-5-6-7-8-9-10/h7-9H,2-6H2,1H3. The molecule has 0 aliphatic rings. The van der Waals surface area contributed by atoms with Crippen molar-refractivity contribution in [1.29, 1.82) is 0 Å². The Morgan fingerprint density at radius 2 is 2.00 bits per heavy atom. The smallest absolute Gasteiger partial charge is 0.142 e. The summed E-state index contributed by atoms with van der Waals surface area (Å²) in [5, 5.41) is 0. The molecule has 0 aliphatic carbocycles. The minimum Gasteiger partial charge on any atom is -0.299 e. The summed E-state index contributed by atoms with van der Waals surface area (Å²) in [5.74, 6) is 0. The highest BCUT2D eigenvalue weighted by Crippen LogP contribution is 2.02. The van der Waals surface area contributed by atoms with Crippen LogP contribution in [0, 0.1) is 0 Å². The number of hydrogen-bond acceptors (Lipinski definition) is 1. The van der Waals surface area contributed by atoms with Crippen LogP contribution in [0.4, 0.5) is 0 Å².